The molecular weight excluding hydrogens is 389 g/mol. The van der Waals surface area contributed by atoms with Crippen LogP contribution in [0.2, 0.25) is 10.0 Å². The third-order valence-corrected chi connectivity index (χ3v) is 4.97. The van der Waals surface area contributed by atoms with Crippen LogP contribution in [0.25, 0.3) is 0 Å². The van der Waals surface area contributed by atoms with Crippen LogP contribution in [-0.2, 0) is 15.2 Å². The Morgan fingerprint density at radius 2 is 1.89 bits per heavy atom. The second-order valence-electron chi connectivity index (χ2n) is 6.49. The molecule has 27 heavy (non-hydrogen) atoms. The van der Waals surface area contributed by atoms with Gasteiger partial charge in [0.2, 0.25) is 0 Å². The number of fused-ring (bicyclic) bond motifs is 1. The summed E-state index contributed by atoms with van der Waals surface area (Å²) in [5, 5.41) is 11.9. The lowest BCUT2D eigenvalue weighted by molar-refractivity contribution is -0.141. The van der Waals surface area contributed by atoms with E-state index in [4.69, 9.17) is 27.9 Å². The normalized spacial score (nSPS) is 18.5. The topological polar surface area (TPSA) is 66.8 Å². The number of para-hydroxylation sites is 1. The number of amides is 1. The summed E-state index contributed by atoms with van der Waals surface area (Å²) in [4.78, 5) is 25.9. The zero-order valence-electron chi connectivity index (χ0n) is 14.7. The van der Waals surface area contributed by atoms with Crippen LogP contribution in [-0.4, -0.2) is 29.9 Å². The minimum Gasteiger partial charge on any atom is -0.494 e. The van der Waals surface area contributed by atoms with Crippen molar-refractivity contribution in [1.29, 1.82) is 0 Å². The fraction of sp³-hybridized carbons (Fsp3) is 0.300. The number of benzene rings is 2. The highest BCUT2D eigenvalue weighted by molar-refractivity contribution is 6.35. The van der Waals surface area contributed by atoms with Crippen LogP contribution in [0.4, 0.5) is 5.69 Å². The van der Waals surface area contributed by atoms with Gasteiger partial charge in [0.1, 0.15) is 11.5 Å². The third-order valence-electron chi connectivity index (χ3n) is 4.41. The highest BCUT2D eigenvalue weighted by atomic mass is 35.5. The predicted molar refractivity (Wildman–Crippen MR) is 105 cm³/mol. The van der Waals surface area contributed by atoms with Crippen molar-refractivity contribution in [2.24, 2.45) is 0 Å². The van der Waals surface area contributed by atoms with Gasteiger partial charge in [-0.3, -0.25) is 9.59 Å². The highest BCUT2D eigenvalue weighted by Gasteiger charge is 2.50. The molecule has 1 aliphatic heterocycles. The van der Waals surface area contributed by atoms with Gasteiger partial charge in [-0.15, -0.1) is 0 Å². The van der Waals surface area contributed by atoms with Crippen molar-refractivity contribution in [1.82, 2.24) is 0 Å². The van der Waals surface area contributed by atoms with Gasteiger partial charge in [0.25, 0.3) is 5.91 Å². The van der Waals surface area contributed by atoms with E-state index in [9.17, 15) is 14.7 Å². The van der Waals surface area contributed by atoms with Crippen molar-refractivity contribution < 1.29 is 19.4 Å². The Hall–Kier alpha value is -2.08. The van der Waals surface area contributed by atoms with Crippen LogP contribution in [0.15, 0.2) is 42.5 Å². The van der Waals surface area contributed by atoms with Crippen LogP contribution in [0.3, 0.4) is 0 Å². The molecule has 142 valence electrons. The molecule has 0 saturated carbocycles. The lowest BCUT2D eigenvalue weighted by Gasteiger charge is -2.22. The molecule has 2 aromatic rings. The molecule has 1 N–H and O–H groups in total. The Labute approximate surface area is 167 Å². The highest BCUT2D eigenvalue weighted by Crippen LogP contribution is 2.46. The summed E-state index contributed by atoms with van der Waals surface area (Å²) < 4.78 is 5.64. The first-order chi connectivity index (χ1) is 12.8. The molecule has 2 aromatic carbocycles. The van der Waals surface area contributed by atoms with E-state index in [1.165, 1.54) is 11.8 Å². The van der Waals surface area contributed by atoms with E-state index in [0.717, 1.165) is 0 Å². The number of rotatable bonds is 7. The number of anilines is 1. The number of hydrogen-bond acceptors (Lipinski definition) is 4. The maximum atomic E-state index is 12.9. The van der Waals surface area contributed by atoms with E-state index in [2.05, 4.69) is 0 Å². The summed E-state index contributed by atoms with van der Waals surface area (Å²) in [6.45, 7) is 2.03. The number of halogens is 2. The maximum Gasteiger partial charge on any atom is 0.264 e. The summed E-state index contributed by atoms with van der Waals surface area (Å²) >= 11 is 12.1. The van der Waals surface area contributed by atoms with Crippen molar-refractivity contribution in [3.8, 4) is 5.75 Å². The van der Waals surface area contributed by atoms with Crippen molar-refractivity contribution in [2.45, 2.75) is 25.4 Å². The Bertz CT molecular complexity index is 869. The smallest absolute Gasteiger partial charge is 0.264 e. The molecular formula is C20H19Cl2NO4. The molecule has 1 amide bonds. The molecule has 0 aliphatic carbocycles. The van der Waals surface area contributed by atoms with Crippen molar-refractivity contribution >= 4 is 40.6 Å². The van der Waals surface area contributed by atoms with Crippen molar-refractivity contribution in [3.63, 3.8) is 0 Å². The van der Waals surface area contributed by atoms with Crippen LogP contribution >= 0.6 is 23.2 Å². The molecule has 1 unspecified atom stereocenters. The van der Waals surface area contributed by atoms with Crippen molar-refractivity contribution in [3.05, 3.63) is 58.1 Å². The quantitative estimate of drug-likeness (QED) is 0.704. The van der Waals surface area contributed by atoms with Gasteiger partial charge in [-0.2, -0.15) is 0 Å². The molecule has 7 heteroatoms. The lowest BCUT2D eigenvalue weighted by Crippen LogP contribution is -2.42. The number of aliphatic hydroxyl groups is 1. The number of Topliss-reactive ketones (excluding diaryl/α,β-unsaturated/α-hetero) is 1. The zero-order valence-corrected chi connectivity index (χ0v) is 16.3. The fourth-order valence-corrected chi connectivity index (χ4v) is 3.65. The zero-order chi connectivity index (χ0) is 19.6. The molecule has 0 spiro atoms. The molecule has 0 bridgehead atoms. The molecule has 5 nitrogen and oxygen atoms in total. The number of ketones is 1. The second kappa shape index (κ2) is 7.89. The molecule has 0 aromatic heterocycles. The minimum absolute atomic E-state index is 0.273. The first-order valence-electron chi connectivity index (χ1n) is 8.54. The Kier molecular flexibility index (Phi) is 5.75. The van der Waals surface area contributed by atoms with Gasteiger partial charge in [-0.05, 0) is 43.7 Å². The van der Waals surface area contributed by atoms with E-state index in [1.54, 1.807) is 42.5 Å². The van der Waals surface area contributed by atoms with Crippen molar-refractivity contribution in [2.75, 3.05) is 18.1 Å². The van der Waals surface area contributed by atoms with Gasteiger partial charge < -0.3 is 14.7 Å². The van der Waals surface area contributed by atoms with Gasteiger partial charge >= 0.3 is 0 Å². The number of ether oxygens (including phenoxy) is 1. The van der Waals surface area contributed by atoms with Gasteiger partial charge in [0.15, 0.2) is 5.60 Å². The number of carbonyl (C=O) groups excluding carboxylic acids is 2. The van der Waals surface area contributed by atoms with Crippen LogP contribution in [0.5, 0.6) is 5.75 Å². The average molecular weight is 408 g/mol. The van der Waals surface area contributed by atoms with Crippen LogP contribution < -0.4 is 9.64 Å². The summed E-state index contributed by atoms with van der Waals surface area (Å²) in [5.41, 5.74) is -1.04. The summed E-state index contributed by atoms with van der Waals surface area (Å²) in [7, 11) is 0. The molecule has 0 fully saturated rings. The molecule has 1 heterocycles. The number of nitrogens with zero attached hydrogens (tertiary/aromatic N) is 1. The third kappa shape index (κ3) is 3.95. The van der Waals surface area contributed by atoms with Gasteiger partial charge in [-0.1, -0.05) is 35.3 Å². The summed E-state index contributed by atoms with van der Waals surface area (Å²) in [5.74, 6) is -0.129. The van der Waals surface area contributed by atoms with E-state index >= 15 is 0 Å². The van der Waals surface area contributed by atoms with Gasteiger partial charge in [0, 0.05) is 23.6 Å². The van der Waals surface area contributed by atoms with E-state index in [1.807, 2.05) is 0 Å². The maximum absolute atomic E-state index is 12.9. The minimum atomic E-state index is -1.87. The number of carbonyl (C=O) groups is 2. The Morgan fingerprint density at radius 3 is 2.56 bits per heavy atom. The summed E-state index contributed by atoms with van der Waals surface area (Å²) in [6, 6.07) is 11.9. The van der Waals surface area contributed by atoms with E-state index < -0.39 is 11.5 Å². The van der Waals surface area contributed by atoms with Gasteiger partial charge in [0.05, 0.1) is 17.3 Å². The fourth-order valence-electron chi connectivity index (χ4n) is 3.25. The second-order valence-corrected chi connectivity index (χ2v) is 7.33. The molecule has 3 rings (SSSR count). The molecule has 1 aliphatic rings. The standard InChI is InChI=1S/C20H19Cl2NO4/c1-13(24)12-20(26)16-4-2-5-17(22)18(16)23(19(20)25)10-3-11-27-15-8-6-14(21)7-9-15/h2,4-9,26H,3,10-12H2,1H3. The van der Waals surface area contributed by atoms with Crippen LogP contribution in [0, 0.1) is 0 Å². The molecule has 0 radical (unpaired) electrons. The lowest BCUT2D eigenvalue weighted by atomic mass is 9.90. The van der Waals surface area contributed by atoms with Gasteiger partial charge in [-0.25, -0.2) is 0 Å². The number of hydrogen-bond donors (Lipinski definition) is 1. The Balaban J connectivity index is 1.73. The molecule has 0 saturated heterocycles. The summed E-state index contributed by atoms with van der Waals surface area (Å²) in [6.07, 6.45) is 0.242. The van der Waals surface area contributed by atoms with Crippen LogP contribution in [0.1, 0.15) is 25.3 Å². The Morgan fingerprint density at radius 1 is 1.19 bits per heavy atom. The first-order valence-corrected chi connectivity index (χ1v) is 9.29. The van der Waals surface area contributed by atoms with E-state index in [0.29, 0.717) is 46.6 Å². The first kappa shape index (κ1) is 19.7. The van der Waals surface area contributed by atoms with E-state index in [-0.39, 0.29) is 12.2 Å². The average Bonchev–Trinajstić information content (AvgIpc) is 2.82. The molecule has 1 atom stereocenters. The predicted octanol–water partition coefficient (Wildman–Crippen LogP) is 3.98. The largest absolute Gasteiger partial charge is 0.494 e. The SMILES string of the molecule is CC(=O)CC1(O)C(=O)N(CCCOc2ccc(Cl)cc2)c2c(Cl)cccc21. The monoisotopic (exact) mass is 407 g/mol.